The van der Waals surface area contributed by atoms with Crippen molar-refractivity contribution >= 4 is 23.3 Å². The van der Waals surface area contributed by atoms with Gasteiger partial charge in [0.1, 0.15) is 5.75 Å². The molecule has 0 aliphatic carbocycles. The number of thiophene rings is 1. The molecular formula is C15H14O6S. The average molecular weight is 322 g/mol. The summed E-state index contributed by atoms with van der Waals surface area (Å²) in [5.74, 6) is -2.25. The molecular weight excluding hydrogens is 308 g/mol. The Morgan fingerprint density at radius 3 is 2.32 bits per heavy atom. The van der Waals surface area contributed by atoms with Crippen LogP contribution in [-0.2, 0) is 11.4 Å². The number of benzene rings is 1. The Morgan fingerprint density at radius 2 is 1.82 bits per heavy atom. The Morgan fingerprint density at radius 1 is 1.18 bits per heavy atom. The number of ether oxygens (including phenoxy) is 1. The highest BCUT2D eigenvalue weighted by molar-refractivity contribution is 7.18. The third kappa shape index (κ3) is 3.26. The molecule has 1 heterocycles. The summed E-state index contributed by atoms with van der Waals surface area (Å²) in [7, 11) is 0. The van der Waals surface area contributed by atoms with E-state index in [1.54, 1.807) is 31.2 Å². The molecule has 0 radical (unpaired) electrons. The van der Waals surface area contributed by atoms with Crippen molar-refractivity contribution in [1.82, 2.24) is 0 Å². The van der Waals surface area contributed by atoms with E-state index in [0.717, 1.165) is 22.5 Å². The highest BCUT2D eigenvalue weighted by atomic mass is 32.1. The first kappa shape index (κ1) is 16.0. The fraction of sp³-hybridized carbons (Fsp3) is 0.200. The van der Waals surface area contributed by atoms with Crippen LogP contribution in [-0.4, -0.2) is 33.9 Å². The lowest BCUT2D eigenvalue weighted by Gasteiger charge is -2.05. The minimum atomic E-state index is -1.17. The van der Waals surface area contributed by atoms with Gasteiger partial charge in [0, 0.05) is 10.4 Å². The van der Waals surface area contributed by atoms with Crippen molar-refractivity contribution in [2.24, 2.45) is 0 Å². The highest BCUT2D eigenvalue weighted by Crippen LogP contribution is 2.41. The molecule has 1 aromatic heterocycles. The zero-order valence-corrected chi connectivity index (χ0v) is 12.5. The second-order valence-corrected chi connectivity index (χ2v) is 5.58. The molecule has 3 N–H and O–H groups in total. The van der Waals surface area contributed by atoms with Crippen LogP contribution >= 0.6 is 11.3 Å². The number of hydrogen-bond acceptors (Lipinski definition) is 5. The van der Waals surface area contributed by atoms with Crippen molar-refractivity contribution < 1.29 is 29.6 Å². The summed E-state index contributed by atoms with van der Waals surface area (Å²) in [5.41, 5.74) is 2.12. The van der Waals surface area contributed by atoms with Crippen molar-refractivity contribution in [3.8, 4) is 16.2 Å². The molecule has 0 unspecified atom stereocenters. The Labute approximate surface area is 130 Å². The van der Waals surface area contributed by atoms with E-state index in [1.165, 1.54) is 0 Å². The quantitative estimate of drug-likeness (QED) is 0.754. The maximum Gasteiger partial charge on any atom is 0.349 e. The molecule has 7 heteroatoms. The second kappa shape index (κ2) is 6.59. The molecule has 22 heavy (non-hydrogen) atoms. The van der Waals surface area contributed by atoms with Crippen LogP contribution in [0.5, 0.6) is 5.75 Å². The summed E-state index contributed by atoms with van der Waals surface area (Å²) >= 11 is 1.03. The maximum absolute atomic E-state index is 11.3. The molecule has 0 bridgehead atoms. The number of carboxylic acids is 2. The van der Waals surface area contributed by atoms with E-state index in [2.05, 4.69) is 0 Å². The highest BCUT2D eigenvalue weighted by Gasteiger charge is 2.23. The van der Waals surface area contributed by atoms with E-state index in [4.69, 9.17) is 14.9 Å². The molecule has 6 nitrogen and oxygen atoms in total. The topological polar surface area (TPSA) is 104 Å². The number of carbonyl (C=O) groups is 2. The van der Waals surface area contributed by atoms with Gasteiger partial charge in [0.25, 0.3) is 0 Å². The molecule has 0 amide bonds. The fourth-order valence-corrected chi connectivity index (χ4v) is 3.08. The number of aliphatic carboxylic acids is 1. The lowest BCUT2D eigenvalue weighted by atomic mass is 10.1. The molecule has 0 atom stereocenters. The van der Waals surface area contributed by atoms with E-state index in [9.17, 15) is 14.7 Å². The Balaban J connectivity index is 2.45. The van der Waals surface area contributed by atoms with Gasteiger partial charge >= 0.3 is 11.9 Å². The second-order valence-electron chi connectivity index (χ2n) is 4.56. The van der Waals surface area contributed by atoms with Crippen LogP contribution in [0.25, 0.3) is 10.4 Å². The SMILES string of the molecule is Cc1c(-c2ccc(CO)cc2)sc(C(=O)O)c1OCC(=O)O. The number of carboxylic acid groups (broad SMARTS) is 2. The van der Waals surface area contributed by atoms with Gasteiger partial charge in [-0.25, -0.2) is 9.59 Å². The summed E-state index contributed by atoms with van der Waals surface area (Å²) in [6.45, 7) is 1.02. The van der Waals surface area contributed by atoms with Gasteiger partial charge in [-0.05, 0) is 18.1 Å². The van der Waals surface area contributed by atoms with Crippen LogP contribution in [0.4, 0.5) is 0 Å². The van der Waals surface area contributed by atoms with Crippen molar-refractivity contribution in [2.45, 2.75) is 13.5 Å². The van der Waals surface area contributed by atoms with Crippen molar-refractivity contribution in [3.05, 3.63) is 40.3 Å². The zero-order valence-electron chi connectivity index (χ0n) is 11.7. The van der Waals surface area contributed by atoms with E-state index in [0.29, 0.717) is 10.4 Å². The Hall–Kier alpha value is -2.38. The van der Waals surface area contributed by atoms with Gasteiger partial charge in [0.2, 0.25) is 0 Å². The summed E-state index contributed by atoms with van der Waals surface area (Å²) in [6.07, 6.45) is 0. The third-order valence-corrected chi connectivity index (χ3v) is 4.33. The van der Waals surface area contributed by atoms with Crippen molar-refractivity contribution in [3.63, 3.8) is 0 Å². The largest absolute Gasteiger partial charge is 0.480 e. The molecule has 0 fully saturated rings. The van der Waals surface area contributed by atoms with Gasteiger partial charge in [-0.2, -0.15) is 0 Å². The van der Waals surface area contributed by atoms with Crippen LogP contribution in [0, 0.1) is 6.92 Å². The smallest absolute Gasteiger partial charge is 0.349 e. The van der Waals surface area contributed by atoms with Gasteiger partial charge in [0.05, 0.1) is 6.61 Å². The van der Waals surface area contributed by atoms with Gasteiger partial charge in [-0.3, -0.25) is 0 Å². The monoisotopic (exact) mass is 322 g/mol. The van der Waals surface area contributed by atoms with Crippen LogP contribution in [0.1, 0.15) is 20.8 Å². The fourth-order valence-electron chi connectivity index (χ4n) is 1.98. The first-order chi connectivity index (χ1) is 10.4. The molecule has 2 aromatic rings. The van der Waals surface area contributed by atoms with Crippen molar-refractivity contribution in [1.29, 1.82) is 0 Å². The molecule has 0 saturated heterocycles. The third-order valence-electron chi connectivity index (χ3n) is 3.02. The van der Waals surface area contributed by atoms with Gasteiger partial charge in [-0.1, -0.05) is 24.3 Å². The molecule has 1 aromatic carbocycles. The summed E-state index contributed by atoms with van der Waals surface area (Å²) in [4.78, 5) is 22.6. The number of hydrogen-bond donors (Lipinski definition) is 3. The minimum Gasteiger partial charge on any atom is -0.480 e. The predicted molar refractivity (Wildman–Crippen MR) is 80.5 cm³/mol. The molecule has 2 rings (SSSR count). The zero-order chi connectivity index (χ0) is 16.3. The molecule has 0 saturated carbocycles. The van der Waals surface area contributed by atoms with Gasteiger partial charge in [0.15, 0.2) is 11.5 Å². The van der Waals surface area contributed by atoms with Gasteiger partial charge in [-0.15, -0.1) is 11.3 Å². The first-order valence-electron chi connectivity index (χ1n) is 6.35. The number of aromatic carboxylic acids is 1. The summed E-state index contributed by atoms with van der Waals surface area (Å²) in [5, 5.41) is 27.0. The minimum absolute atomic E-state index is 0.0278. The Kier molecular flexibility index (Phi) is 4.79. The molecule has 0 aliphatic heterocycles. The number of aliphatic hydroxyl groups excluding tert-OH is 1. The number of aliphatic hydroxyl groups is 1. The van der Waals surface area contributed by atoms with E-state index < -0.39 is 18.5 Å². The maximum atomic E-state index is 11.3. The van der Waals surface area contributed by atoms with Crippen LogP contribution in [0.2, 0.25) is 0 Å². The first-order valence-corrected chi connectivity index (χ1v) is 7.17. The summed E-state index contributed by atoms with van der Waals surface area (Å²) in [6, 6.07) is 7.04. The normalized spacial score (nSPS) is 10.5. The lowest BCUT2D eigenvalue weighted by Crippen LogP contribution is -2.11. The van der Waals surface area contributed by atoms with E-state index in [-0.39, 0.29) is 17.2 Å². The predicted octanol–water partition coefficient (Wildman–Crippen LogP) is 2.38. The standard InChI is InChI=1S/C15H14O6S/c1-8-12(21-7-11(17)18)14(15(19)20)22-13(8)10-4-2-9(6-16)3-5-10/h2-5,16H,6-7H2,1H3,(H,17,18)(H,19,20). The average Bonchev–Trinajstić information content (AvgIpc) is 2.82. The van der Waals surface area contributed by atoms with Crippen LogP contribution in [0.3, 0.4) is 0 Å². The van der Waals surface area contributed by atoms with Gasteiger partial charge < -0.3 is 20.1 Å². The van der Waals surface area contributed by atoms with E-state index in [1.807, 2.05) is 0 Å². The molecule has 116 valence electrons. The Bertz CT molecular complexity index is 702. The lowest BCUT2D eigenvalue weighted by molar-refractivity contribution is -0.139. The molecule has 0 spiro atoms. The molecule has 0 aliphatic rings. The van der Waals surface area contributed by atoms with Crippen molar-refractivity contribution in [2.75, 3.05) is 6.61 Å². The van der Waals surface area contributed by atoms with Crippen LogP contribution < -0.4 is 4.74 Å². The summed E-state index contributed by atoms with van der Waals surface area (Å²) < 4.78 is 5.13. The van der Waals surface area contributed by atoms with Crippen LogP contribution in [0.15, 0.2) is 24.3 Å². The van der Waals surface area contributed by atoms with E-state index >= 15 is 0 Å². The number of rotatable bonds is 6.